The van der Waals surface area contributed by atoms with E-state index in [2.05, 4.69) is 23.5 Å². The highest BCUT2D eigenvalue weighted by Gasteiger charge is 2.11. The zero-order valence-corrected chi connectivity index (χ0v) is 12.3. The molecule has 0 spiro atoms. The highest BCUT2D eigenvalue weighted by atomic mass is 19.1. The number of fused-ring (bicyclic) bond motifs is 1. The molecule has 0 atom stereocenters. The molecule has 0 amide bonds. The number of aryl methyl sites for hydroxylation is 1. The average Bonchev–Trinajstić information content (AvgIpc) is 2.93. The molecule has 0 aliphatic carbocycles. The number of nitrogens with one attached hydrogen (secondary N) is 1. The van der Waals surface area contributed by atoms with Crippen LogP contribution in [0.4, 0.5) is 4.39 Å². The summed E-state index contributed by atoms with van der Waals surface area (Å²) in [6, 6.07) is 11.4. The van der Waals surface area contributed by atoms with Crippen molar-refractivity contribution in [1.82, 2.24) is 5.32 Å². The fourth-order valence-electron chi connectivity index (χ4n) is 2.75. The largest absolute Gasteiger partial charge is 0.493 e. The van der Waals surface area contributed by atoms with Crippen LogP contribution in [0.15, 0.2) is 36.4 Å². The van der Waals surface area contributed by atoms with Crippen molar-refractivity contribution < 1.29 is 9.13 Å². The molecule has 3 rings (SSSR count). The van der Waals surface area contributed by atoms with E-state index in [0.29, 0.717) is 0 Å². The maximum atomic E-state index is 13.0. The van der Waals surface area contributed by atoms with Crippen molar-refractivity contribution in [3.05, 3.63) is 64.5 Å². The van der Waals surface area contributed by atoms with E-state index < -0.39 is 0 Å². The standard InChI is InChI=1S/C18H20FNO/c1-13-10-17(19)4-3-15(13)6-8-20-12-14-2-5-18-16(11-14)7-9-21-18/h2-5,10-11,20H,6-9,12H2,1H3. The molecular weight excluding hydrogens is 265 g/mol. The Morgan fingerprint density at radius 1 is 1.19 bits per heavy atom. The Bertz CT molecular complexity index is 639. The molecular formula is C18H20FNO. The van der Waals surface area contributed by atoms with Gasteiger partial charge in [0.25, 0.3) is 0 Å². The zero-order chi connectivity index (χ0) is 14.7. The Balaban J connectivity index is 1.50. The first-order valence-electron chi connectivity index (χ1n) is 7.43. The van der Waals surface area contributed by atoms with E-state index in [1.54, 1.807) is 6.07 Å². The lowest BCUT2D eigenvalue weighted by Gasteiger charge is -2.08. The van der Waals surface area contributed by atoms with E-state index in [4.69, 9.17) is 4.74 Å². The number of benzene rings is 2. The lowest BCUT2D eigenvalue weighted by atomic mass is 10.1. The summed E-state index contributed by atoms with van der Waals surface area (Å²) in [6.45, 7) is 4.50. The molecule has 0 aromatic heterocycles. The minimum atomic E-state index is -0.162. The van der Waals surface area contributed by atoms with Gasteiger partial charge in [-0.25, -0.2) is 4.39 Å². The molecule has 1 aliphatic rings. The second kappa shape index (κ2) is 6.27. The van der Waals surface area contributed by atoms with E-state index in [0.717, 1.165) is 43.9 Å². The van der Waals surface area contributed by atoms with Gasteiger partial charge in [0.1, 0.15) is 11.6 Å². The number of ether oxygens (including phenoxy) is 1. The van der Waals surface area contributed by atoms with Crippen molar-refractivity contribution in [3.63, 3.8) is 0 Å². The molecule has 2 nitrogen and oxygen atoms in total. The summed E-state index contributed by atoms with van der Waals surface area (Å²) in [6.07, 6.45) is 1.93. The Morgan fingerprint density at radius 2 is 2.10 bits per heavy atom. The van der Waals surface area contributed by atoms with Gasteiger partial charge in [0.15, 0.2) is 0 Å². The Hall–Kier alpha value is -1.87. The van der Waals surface area contributed by atoms with Crippen molar-refractivity contribution in [2.24, 2.45) is 0 Å². The Labute approximate surface area is 125 Å². The van der Waals surface area contributed by atoms with Crippen LogP contribution in [-0.2, 0) is 19.4 Å². The summed E-state index contributed by atoms with van der Waals surface area (Å²) in [7, 11) is 0. The molecule has 1 aliphatic heterocycles. The van der Waals surface area contributed by atoms with Crippen LogP contribution in [-0.4, -0.2) is 13.2 Å². The van der Waals surface area contributed by atoms with Gasteiger partial charge in [0, 0.05) is 13.0 Å². The molecule has 3 heteroatoms. The van der Waals surface area contributed by atoms with E-state index in [1.807, 2.05) is 13.0 Å². The highest BCUT2D eigenvalue weighted by Crippen LogP contribution is 2.25. The maximum Gasteiger partial charge on any atom is 0.123 e. The molecule has 1 heterocycles. The van der Waals surface area contributed by atoms with Crippen molar-refractivity contribution in [2.45, 2.75) is 26.3 Å². The summed E-state index contributed by atoms with van der Waals surface area (Å²) in [4.78, 5) is 0. The highest BCUT2D eigenvalue weighted by molar-refractivity contribution is 5.39. The summed E-state index contributed by atoms with van der Waals surface area (Å²) in [5.41, 5.74) is 4.82. The lowest BCUT2D eigenvalue weighted by molar-refractivity contribution is 0.357. The van der Waals surface area contributed by atoms with Gasteiger partial charge in [-0.15, -0.1) is 0 Å². The van der Waals surface area contributed by atoms with Gasteiger partial charge in [-0.2, -0.15) is 0 Å². The van der Waals surface area contributed by atoms with Crippen LogP contribution in [0.2, 0.25) is 0 Å². The quantitative estimate of drug-likeness (QED) is 0.850. The van der Waals surface area contributed by atoms with Crippen molar-refractivity contribution in [3.8, 4) is 5.75 Å². The summed E-state index contributed by atoms with van der Waals surface area (Å²) in [5, 5.41) is 3.45. The van der Waals surface area contributed by atoms with Crippen LogP contribution in [0, 0.1) is 12.7 Å². The molecule has 0 saturated carbocycles. The van der Waals surface area contributed by atoms with Gasteiger partial charge in [-0.05, 0) is 60.3 Å². The minimum Gasteiger partial charge on any atom is -0.493 e. The topological polar surface area (TPSA) is 21.3 Å². The average molecular weight is 285 g/mol. The summed E-state index contributed by atoms with van der Waals surface area (Å²) in [5.74, 6) is 0.866. The third-order valence-corrected chi connectivity index (χ3v) is 3.96. The monoisotopic (exact) mass is 285 g/mol. The van der Waals surface area contributed by atoms with Gasteiger partial charge in [-0.3, -0.25) is 0 Å². The molecule has 0 bridgehead atoms. The maximum absolute atomic E-state index is 13.0. The second-order valence-electron chi connectivity index (χ2n) is 5.54. The molecule has 0 saturated heterocycles. The number of hydrogen-bond donors (Lipinski definition) is 1. The van der Waals surface area contributed by atoms with E-state index >= 15 is 0 Å². The summed E-state index contributed by atoms with van der Waals surface area (Å²) < 4.78 is 18.5. The van der Waals surface area contributed by atoms with E-state index in [-0.39, 0.29) is 5.82 Å². The van der Waals surface area contributed by atoms with Crippen LogP contribution in [0.1, 0.15) is 22.3 Å². The molecule has 21 heavy (non-hydrogen) atoms. The van der Waals surface area contributed by atoms with Crippen molar-refractivity contribution >= 4 is 0 Å². The van der Waals surface area contributed by atoms with Crippen LogP contribution in [0.5, 0.6) is 5.75 Å². The third-order valence-electron chi connectivity index (χ3n) is 3.96. The first-order chi connectivity index (χ1) is 10.2. The number of hydrogen-bond acceptors (Lipinski definition) is 2. The fourth-order valence-corrected chi connectivity index (χ4v) is 2.75. The molecule has 0 unspecified atom stereocenters. The SMILES string of the molecule is Cc1cc(F)ccc1CCNCc1ccc2c(c1)CCO2. The normalized spacial score (nSPS) is 13.0. The zero-order valence-electron chi connectivity index (χ0n) is 12.3. The number of rotatable bonds is 5. The molecule has 110 valence electrons. The first kappa shape index (κ1) is 14.1. The molecule has 2 aromatic carbocycles. The second-order valence-corrected chi connectivity index (χ2v) is 5.54. The van der Waals surface area contributed by atoms with E-state index in [1.165, 1.54) is 22.8 Å². The first-order valence-corrected chi connectivity index (χ1v) is 7.43. The summed E-state index contributed by atoms with van der Waals surface area (Å²) >= 11 is 0. The Morgan fingerprint density at radius 3 is 2.95 bits per heavy atom. The molecule has 0 radical (unpaired) electrons. The molecule has 2 aromatic rings. The fraction of sp³-hybridized carbons (Fsp3) is 0.333. The lowest BCUT2D eigenvalue weighted by Crippen LogP contribution is -2.17. The van der Waals surface area contributed by atoms with Gasteiger partial charge < -0.3 is 10.1 Å². The van der Waals surface area contributed by atoms with E-state index in [9.17, 15) is 4.39 Å². The third kappa shape index (κ3) is 3.42. The Kier molecular flexibility index (Phi) is 4.20. The van der Waals surface area contributed by atoms with Crippen LogP contribution < -0.4 is 10.1 Å². The van der Waals surface area contributed by atoms with Crippen LogP contribution in [0.25, 0.3) is 0 Å². The van der Waals surface area contributed by atoms with Gasteiger partial charge in [-0.1, -0.05) is 18.2 Å². The number of halogens is 1. The van der Waals surface area contributed by atoms with Crippen LogP contribution in [0.3, 0.4) is 0 Å². The molecule has 0 fully saturated rings. The predicted molar refractivity (Wildman–Crippen MR) is 82.2 cm³/mol. The van der Waals surface area contributed by atoms with Crippen molar-refractivity contribution in [2.75, 3.05) is 13.2 Å². The van der Waals surface area contributed by atoms with Gasteiger partial charge in [0.05, 0.1) is 6.61 Å². The van der Waals surface area contributed by atoms with Gasteiger partial charge >= 0.3 is 0 Å². The van der Waals surface area contributed by atoms with Crippen molar-refractivity contribution in [1.29, 1.82) is 0 Å². The van der Waals surface area contributed by atoms with Gasteiger partial charge in [0.2, 0.25) is 0 Å². The minimum absolute atomic E-state index is 0.162. The smallest absolute Gasteiger partial charge is 0.123 e. The van der Waals surface area contributed by atoms with Crippen LogP contribution >= 0.6 is 0 Å². The molecule has 1 N–H and O–H groups in total. The predicted octanol–water partition coefficient (Wildman–Crippen LogP) is 3.40.